The molecular weight excluding hydrogens is 877 g/mol. The van der Waals surface area contributed by atoms with E-state index in [-0.39, 0.29) is 57.3 Å². The van der Waals surface area contributed by atoms with Crippen molar-refractivity contribution in [1.29, 1.82) is 0 Å². The molecule has 364 valence electrons. The number of aromatic nitrogens is 1. The Morgan fingerprint density at radius 1 is 0.529 bits per heavy atom. The second kappa shape index (κ2) is 25.9. The molecular formula is C48H62N10O10. The molecule has 0 saturated carbocycles. The summed E-state index contributed by atoms with van der Waals surface area (Å²) in [5.74, 6) is -7.56. The molecule has 3 aromatic carbocycles. The van der Waals surface area contributed by atoms with Gasteiger partial charge in [0.25, 0.3) is 0 Å². The highest BCUT2D eigenvalue weighted by molar-refractivity contribution is 5.97. The molecule has 8 amide bonds. The molecule has 14 N–H and O–H groups in total. The normalized spacial score (nSPS) is 14.2. The zero-order valence-electron chi connectivity index (χ0n) is 38.3. The van der Waals surface area contributed by atoms with Gasteiger partial charge in [-0.25, -0.2) is 4.79 Å². The first kappa shape index (κ1) is 53.0. The van der Waals surface area contributed by atoms with Gasteiger partial charge in [0.05, 0.1) is 6.04 Å². The molecule has 0 aliphatic rings. The fourth-order valence-electron chi connectivity index (χ4n) is 7.30. The van der Waals surface area contributed by atoms with Crippen LogP contribution >= 0.6 is 0 Å². The van der Waals surface area contributed by atoms with Gasteiger partial charge >= 0.3 is 5.97 Å². The Labute approximate surface area is 393 Å². The van der Waals surface area contributed by atoms with Gasteiger partial charge in [-0.3, -0.25) is 38.4 Å². The third kappa shape index (κ3) is 17.0. The molecule has 68 heavy (non-hydrogen) atoms. The molecule has 0 radical (unpaired) electrons. The maximum Gasteiger partial charge on any atom is 0.326 e. The van der Waals surface area contributed by atoms with Crippen molar-refractivity contribution in [3.8, 4) is 0 Å². The van der Waals surface area contributed by atoms with Gasteiger partial charge in [-0.2, -0.15) is 0 Å². The lowest BCUT2D eigenvalue weighted by molar-refractivity contribution is -0.142. The van der Waals surface area contributed by atoms with Gasteiger partial charge < -0.3 is 59.2 Å². The zero-order valence-corrected chi connectivity index (χ0v) is 38.3. The number of primary amides is 2. The maximum absolute atomic E-state index is 14.6. The van der Waals surface area contributed by atoms with Gasteiger partial charge in [0.15, 0.2) is 0 Å². The Hall–Kier alpha value is -7.61. The number of carbonyl (C=O) groups excluding carboxylic acids is 8. The Balaban J connectivity index is 1.62. The number of carboxylic acids is 1. The summed E-state index contributed by atoms with van der Waals surface area (Å²) < 4.78 is 0. The van der Waals surface area contributed by atoms with Crippen LogP contribution in [0.5, 0.6) is 0 Å². The quantitative estimate of drug-likeness (QED) is 0.0381. The number of nitrogens with one attached hydrogen (secondary N) is 7. The van der Waals surface area contributed by atoms with Crippen LogP contribution in [0.4, 0.5) is 0 Å². The number of hydrogen-bond donors (Lipinski definition) is 11. The number of aromatic amines is 1. The first-order valence-electron chi connectivity index (χ1n) is 22.3. The van der Waals surface area contributed by atoms with Crippen molar-refractivity contribution >= 4 is 64.1 Å². The molecule has 1 heterocycles. The van der Waals surface area contributed by atoms with E-state index in [4.69, 9.17) is 17.2 Å². The summed E-state index contributed by atoms with van der Waals surface area (Å²) in [6.45, 7) is 5.06. The molecule has 1 aromatic heterocycles. The number of H-pyrrole nitrogens is 1. The first-order chi connectivity index (χ1) is 32.3. The van der Waals surface area contributed by atoms with Gasteiger partial charge in [-0.15, -0.1) is 0 Å². The molecule has 0 fully saturated rings. The number of carbonyl (C=O) groups is 9. The number of benzene rings is 3. The number of para-hydroxylation sites is 1. The van der Waals surface area contributed by atoms with Crippen LogP contribution in [0.1, 0.15) is 69.6 Å². The van der Waals surface area contributed by atoms with Crippen molar-refractivity contribution < 1.29 is 48.3 Å². The number of aliphatic carboxylic acids is 1. The molecule has 0 bridgehead atoms. The average molecular weight is 939 g/mol. The minimum absolute atomic E-state index is 0.0414. The van der Waals surface area contributed by atoms with Crippen molar-refractivity contribution in [3.63, 3.8) is 0 Å². The third-order valence-electron chi connectivity index (χ3n) is 11.0. The standard InChI is InChI=1S/C48H62N10O10/c1-27(2)22-36(56-43(62)33(49)18-20-40(50)59)44(63)53-28(3)42(61)55-39(25-31-26-52-34-17-11-10-16-32(31)34)47(66)58-38(24-30-14-8-5-9-15-30)46(65)57-37(23-29-12-6-4-7-13-29)45(64)54-35(48(67)68)19-21-41(51)60/h4-17,26-28,33,35-39,52H,18-25,49H2,1-3H3,(H2,50,59)(H2,51,60)(H,53,63)(H,54,64)(H,55,61)(H,56,62)(H,57,65)(H,58,66)(H,67,68)/t28-,33-,35-,36-,37-,38-,39-/m0/s1. The van der Waals surface area contributed by atoms with Crippen LogP contribution in [0.2, 0.25) is 0 Å². The van der Waals surface area contributed by atoms with Crippen molar-refractivity contribution in [2.45, 2.75) is 114 Å². The van der Waals surface area contributed by atoms with Crippen LogP contribution in [0.15, 0.2) is 91.1 Å². The summed E-state index contributed by atoms with van der Waals surface area (Å²) in [4.78, 5) is 121. The number of hydrogen-bond acceptors (Lipinski definition) is 10. The largest absolute Gasteiger partial charge is 0.480 e. The lowest BCUT2D eigenvalue weighted by Crippen LogP contribution is -2.60. The number of carboxylic acid groups (broad SMARTS) is 1. The van der Waals surface area contributed by atoms with Gasteiger partial charge in [0, 0.05) is 49.2 Å². The molecule has 4 rings (SSSR count). The third-order valence-corrected chi connectivity index (χ3v) is 11.0. The topological polar surface area (TPSA) is 340 Å². The summed E-state index contributed by atoms with van der Waals surface area (Å²) in [7, 11) is 0. The Kier molecular flexibility index (Phi) is 20.2. The van der Waals surface area contributed by atoms with E-state index in [1.54, 1.807) is 72.9 Å². The summed E-state index contributed by atoms with van der Waals surface area (Å²) in [5.41, 5.74) is 19.0. The lowest BCUT2D eigenvalue weighted by atomic mass is 10.00. The van der Waals surface area contributed by atoms with Crippen molar-refractivity contribution in [2.75, 3.05) is 0 Å². The summed E-state index contributed by atoms with van der Waals surface area (Å²) in [5, 5.41) is 26.4. The fraction of sp³-hybridized carbons (Fsp3) is 0.396. The maximum atomic E-state index is 14.6. The van der Waals surface area contributed by atoms with Crippen LogP contribution in [0, 0.1) is 5.92 Å². The predicted molar refractivity (Wildman–Crippen MR) is 251 cm³/mol. The fourth-order valence-corrected chi connectivity index (χ4v) is 7.30. The molecule has 0 unspecified atom stereocenters. The smallest absolute Gasteiger partial charge is 0.326 e. The van der Waals surface area contributed by atoms with E-state index in [1.807, 2.05) is 32.0 Å². The molecule has 20 heteroatoms. The number of fused-ring (bicyclic) bond motifs is 1. The molecule has 20 nitrogen and oxygen atoms in total. The molecule has 0 aliphatic heterocycles. The number of amides is 8. The highest BCUT2D eigenvalue weighted by atomic mass is 16.4. The van der Waals surface area contributed by atoms with Crippen LogP contribution in [-0.2, 0) is 62.4 Å². The predicted octanol–water partition coefficient (Wildman–Crippen LogP) is 0.114. The van der Waals surface area contributed by atoms with Crippen LogP contribution in [0.3, 0.4) is 0 Å². The first-order valence-corrected chi connectivity index (χ1v) is 22.3. The Bertz CT molecular complexity index is 2390. The van der Waals surface area contributed by atoms with Gasteiger partial charge in [-0.05, 0) is 54.9 Å². The second-order valence-corrected chi connectivity index (χ2v) is 17.1. The van der Waals surface area contributed by atoms with E-state index in [0.717, 1.165) is 10.9 Å². The Morgan fingerprint density at radius 2 is 0.971 bits per heavy atom. The number of rotatable bonds is 27. The van der Waals surface area contributed by atoms with Crippen molar-refractivity contribution in [3.05, 3.63) is 108 Å². The molecule has 0 saturated heterocycles. The second-order valence-electron chi connectivity index (χ2n) is 17.1. The van der Waals surface area contributed by atoms with Crippen molar-refractivity contribution in [1.82, 2.24) is 36.9 Å². The highest BCUT2D eigenvalue weighted by Crippen LogP contribution is 2.20. The Morgan fingerprint density at radius 3 is 1.49 bits per heavy atom. The van der Waals surface area contributed by atoms with Crippen molar-refractivity contribution in [2.24, 2.45) is 23.1 Å². The van der Waals surface area contributed by atoms with E-state index in [1.165, 1.54) is 6.92 Å². The monoisotopic (exact) mass is 938 g/mol. The zero-order chi connectivity index (χ0) is 49.9. The van der Waals surface area contributed by atoms with E-state index < -0.39 is 95.5 Å². The van der Waals surface area contributed by atoms with Gasteiger partial charge in [-0.1, -0.05) is 92.7 Å². The van der Waals surface area contributed by atoms with Crippen LogP contribution in [0.25, 0.3) is 10.9 Å². The van der Waals surface area contributed by atoms with Crippen LogP contribution in [-0.4, -0.2) is 106 Å². The summed E-state index contributed by atoms with van der Waals surface area (Å²) >= 11 is 0. The van der Waals surface area contributed by atoms with Gasteiger partial charge in [0.1, 0.15) is 36.3 Å². The van der Waals surface area contributed by atoms with E-state index in [0.29, 0.717) is 16.7 Å². The van der Waals surface area contributed by atoms with Crippen LogP contribution < -0.4 is 49.1 Å². The summed E-state index contributed by atoms with van der Waals surface area (Å²) in [6.07, 6.45) is 0.802. The minimum atomic E-state index is -1.51. The van der Waals surface area contributed by atoms with E-state index in [2.05, 4.69) is 36.9 Å². The number of nitrogens with two attached hydrogens (primary N) is 3. The molecule has 4 aromatic rings. The molecule has 0 spiro atoms. The lowest BCUT2D eigenvalue weighted by Gasteiger charge is -2.27. The van der Waals surface area contributed by atoms with Gasteiger partial charge in [0.2, 0.25) is 47.3 Å². The minimum Gasteiger partial charge on any atom is -0.480 e. The molecule has 7 atom stereocenters. The highest BCUT2D eigenvalue weighted by Gasteiger charge is 2.34. The average Bonchev–Trinajstić information content (AvgIpc) is 3.71. The summed E-state index contributed by atoms with van der Waals surface area (Å²) in [6, 6.07) is 15.5. The van der Waals surface area contributed by atoms with E-state index >= 15 is 0 Å². The molecule has 0 aliphatic carbocycles. The van der Waals surface area contributed by atoms with E-state index in [9.17, 15) is 48.3 Å². The SMILES string of the molecule is CC(C)C[C@H](NC(=O)[C@@H](N)CCC(N)=O)C(=O)N[C@@H](C)C(=O)N[C@@H](Cc1c[nH]c2ccccc12)C(=O)N[C@@H](Cc1ccccc1)C(=O)N[C@@H](Cc1ccccc1)C(=O)N[C@@H](CCC(N)=O)C(=O)O.